The Morgan fingerprint density at radius 1 is 1.58 bits per heavy atom. The van der Waals surface area contributed by atoms with E-state index in [0.717, 1.165) is 0 Å². The number of hydrogen-bond acceptors (Lipinski definition) is 4. The highest BCUT2D eigenvalue weighted by Crippen LogP contribution is 2.06. The average Bonchev–Trinajstić information content (AvgIpc) is 2.09. The van der Waals surface area contributed by atoms with Crippen LogP contribution in [0.5, 0.6) is 5.88 Å². The summed E-state index contributed by atoms with van der Waals surface area (Å²) in [6.45, 7) is 1.75. The third-order valence-corrected chi connectivity index (χ3v) is 1.18. The normalized spacial score (nSPS) is 11.7. The first kappa shape index (κ1) is 8.34. The largest absolute Gasteiger partial charge is 0.460 e. The zero-order chi connectivity index (χ0) is 8.97. The lowest BCUT2D eigenvalue weighted by atomic mass is 10.4. The molecule has 0 spiro atoms. The van der Waals surface area contributed by atoms with Gasteiger partial charge >= 0.3 is 0 Å². The van der Waals surface area contributed by atoms with Crippen LogP contribution in [0.15, 0.2) is 12.4 Å². The number of nitrogen functional groups attached to an aromatic ring is 1. The highest BCUT2D eigenvalue weighted by molar-refractivity contribution is 5.24. The van der Waals surface area contributed by atoms with Crippen LogP contribution in [0.2, 0.25) is 0 Å². The van der Waals surface area contributed by atoms with Gasteiger partial charge in [-0.1, -0.05) is 5.92 Å². The number of hydrogen-bond donors (Lipinski definition) is 1. The highest BCUT2D eigenvalue weighted by Gasteiger charge is 1.99. The maximum Gasteiger partial charge on any atom is 0.233 e. The number of anilines is 1. The molecule has 4 nitrogen and oxygen atoms in total. The molecule has 0 saturated heterocycles. The average molecular weight is 163 g/mol. The summed E-state index contributed by atoms with van der Waals surface area (Å²) in [5, 5.41) is 0. The molecule has 12 heavy (non-hydrogen) atoms. The van der Waals surface area contributed by atoms with E-state index in [-0.39, 0.29) is 6.10 Å². The molecule has 2 N–H and O–H groups in total. The summed E-state index contributed by atoms with van der Waals surface area (Å²) in [6, 6.07) is 0. The second-order valence-electron chi connectivity index (χ2n) is 2.21. The molecule has 0 radical (unpaired) electrons. The van der Waals surface area contributed by atoms with Crippen molar-refractivity contribution in [2.75, 3.05) is 5.73 Å². The Kier molecular flexibility index (Phi) is 2.49. The molecule has 0 saturated carbocycles. The molecule has 0 aliphatic heterocycles. The Morgan fingerprint density at radius 3 is 2.83 bits per heavy atom. The van der Waals surface area contributed by atoms with E-state index in [4.69, 9.17) is 16.9 Å². The van der Waals surface area contributed by atoms with Crippen molar-refractivity contribution in [2.45, 2.75) is 13.0 Å². The molecule has 4 heteroatoms. The van der Waals surface area contributed by atoms with Gasteiger partial charge in [0.15, 0.2) is 6.10 Å². The SMILES string of the molecule is C#CC(C)Oc1cnc(N)cn1. The predicted molar refractivity (Wildman–Crippen MR) is 45.4 cm³/mol. The van der Waals surface area contributed by atoms with E-state index in [2.05, 4.69) is 15.9 Å². The van der Waals surface area contributed by atoms with Crippen LogP contribution in [-0.2, 0) is 0 Å². The van der Waals surface area contributed by atoms with Crippen LogP contribution in [0.4, 0.5) is 5.82 Å². The predicted octanol–water partition coefficient (Wildman–Crippen LogP) is 0.459. The molecule has 1 aromatic rings. The summed E-state index contributed by atoms with van der Waals surface area (Å²) in [5.41, 5.74) is 5.32. The molecule has 1 rings (SSSR count). The Balaban J connectivity index is 2.66. The quantitative estimate of drug-likeness (QED) is 0.643. The zero-order valence-corrected chi connectivity index (χ0v) is 6.69. The Morgan fingerprint density at radius 2 is 2.33 bits per heavy atom. The lowest BCUT2D eigenvalue weighted by Gasteiger charge is -2.06. The van der Waals surface area contributed by atoms with Gasteiger partial charge in [-0.25, -0.2) is 9.97 Å². The van der Waals surface area contributed by atoms with Gasteiger partial charge in [-0.3, -0.25) is 0 Å². The minimum absolute atomic E-state index is 0.303. The van der Waals surface area contributed by atoms with Crippen molar-refractivity contribution in [2.24, 2.45) is 0 Å². The van der Waals surface area contributed by atoms with Crippen LogP contribution < -0.4 is 10.5 Å². The summed E-state index contributed by atoms with van der Waals surface area (Å²) in [4.78, 5) is 7.65. The van der Waals surface area contributed by atoms with E-state index in [0.29, 0.717) is 11.7 Å². The summed E-state index contributed by atoms with van der Waals surface area (Å²) in [7, 11) is 0. The second kappa shape index (κ2) is 3.58. The first-order valence-electron chi connectivity index (χ1n) is 3.42. The Bertz CT molecular complexity index is 288. The smallest absolute Gasteiger partial charge is 0.233 e. The number of terminal acetylenes is 1. The van der Waals surface area contributed by atoms with Crippen LogP contribution in [0.25, 0.3) is 0 Å². The number of aromatic nitrogens is 2. The summed E-state index contributed by atoms with van der Waals surface area (Å²) >= 11 is 0. The molecule has 0 bridgehead atoms. The molecule has 0 amide bonds. The van der Waals surface area contributed by atoms with Gasteiger partial charge in [-0.05, 0) is 6.92 Å². The monoisotopic (exact) mass is 163 g/mol. The molecule has 62 valence electrons. The first-order valence-corrected chi connectivity index (χ1v) is 3.42. The molecular weight excluding hydrogens is 154 g/mol. The lowest BCUT2D eigenvalue weighted by Crippen LogP contribution is -2.09. The fourth-order valence-electron chi connectivity index (χ4n) is 0.602. The zero-order valence-electron chi connectivity index (χ0n) is 6.69. The van der Waals surface area contributed by atoms with Crippen molar-refractivity contribution in [3.05, 3.63) is 12.4 Å². The molecule has 0 fully saturated rings. The van der Waals surface area contributed by atoms with Crippen molar-refractivity contribution < 1.29 is 4.74 Å². The van der Waals surface area contributed by atoms with Crippen LogP contribution in [0, 0.1) is 12.3 Å². The van der Waals surface area contributed by atoms with Crippen molar-refractivity contribution in [3.8, 4) is 18.2 Å². The van der Waals surface area contributed by atoms with E-state index in [9.17, 15) is 0 Å². The fraction of sp³-hybridized carbons (Fsp3) is 0.250. The second-order valence-corrected chi connectivity index (χ2v) is 2.21. The van der Waals surface area contributed by atoms with Gasteiger partial charge in [0.1, 0.15) is 5.82 Å². The minimum Gasteiger partial charge on any atom is -0.460 e. The van der Waals surface area contributed by atoms with Crippen LogP contribution in [0.1, 0.15) is 6.92 Å². The third-order valence-electron chi connectivity index (χ3n) is 1.18. The maximum atomic E-state index is 5.32. The maximum absolute atomic E-state index is 5.32. The Labute approximate surface area is 70.8 Å². The van der Waals surface area contributed by atoms with Crippen molar-refractivity contribution in [1.82, 2.24) is 9.97 Å². The number of nitrogens with zero attached hydrogens (tertiary/aromatic N) is 2. The lowest BCUT2D eigenvalue weighted by molar-refractivity contribution is 0.267. The van der Waals surface area contributed by atoms with E-state index in [1.54, 1.807) is 6.92 Å². The van der Waals surface area contributed by atoms with E-state index in [1.165, 1.54) is 12.4 Å². The minimum atomic E-state index is -0.303. The van der Waals surface area contributed by atoms with Gasteiger partial charge < -0.3 is 10.5 Å². The van der Waals surface area contributed by atoms with E-state index >= 15 is 0 Å². The standard InChI is InChI=1S/C8H9N3O/c1-3-6(2)12-8-5-10-7(9)4-11-8/h1,4-6H,2H3,(H2,9,10). The number of ether oxygens (including phenoxy) is 1. The fourth-order valence-corrected chi connectivity index (χ4v) is 0.602. The molecule has 1 atom stereocenters. The van der Waals surface area contributed by atoms with Gasteiger partial charge in [0.05, 0.1) is 12.4 Å². The molecule has 0 aliphatic rings. The van der Waals surface area contributed by atoms with Gasteiger partial charge in [-0.15, -0.1) is 6.42 Å². The van der Waals surface area contributed by atoms with E-state index in [1.807, 2.05) is 0 Å². The first-order chi connectivity index (χ1) is 5.72. The number of nitrogens with two attached hydrogens (primary N) is 1. The Hall–Kier alpha value is -1.76. The molecule has 1 unspecified atom stereocenters. The number of rotatable bonds is 2. The summed E-state index contributed by atoms with van der Waals surface area (Å²) in [6.07, 6.45) is 7.65. The summed E-state index contributed by atoms with van der Waals surface area (Å²) in [5.74, 6) is 3.15. The summed E-state index contributed by atoms with van der Waals surface area (Å²) < 4.78 is 5.15. The van der Waals surface area contributed by atoms with Gasteiger partial charge in [-0.2, -0.15) is 0 Å². The van der Waals surface area contributed by atoms with Crippen molar-refractivity contribution in [3.63, 3.8) is 0 Å². The molecule has 0 aliphatic carbocycles. The van der Waals surface area contributed by atoms with Gasteiger partial charge in [0.25, 0.3) is 0 Å². The molecular formula is C8H9N3O. The molecule has 0 aromatic carbocycles. The van der Waals surface area contributed by atoms with Crippen molar-refractivity contribution in [1.29, 1.82) is 0 Å². The topological polar surface area (TPSA) is 61.0 Å². The van der Waals surface area contributed by atoms with Crippen molar-refractivity contribution >= 4 is 5.82 Å². The highest BCUT2D eigenvalue weighted by atomic mass is 16.5. The van der Waals surface area contributed by atoms with Crippen LogP contribution in [0.3, 0.4) is 0 Å². The van der Waals surface area contributed by atoms with Gasteiger partial charge in [0, 0.05) is 0 Å². The van der Waals surface area contributed by atoms with E-state index < -0.39 is 0 Å². The van der Waals surface area contributed by atoms with Gasteiger partial charge in [0.2, 0.25) is 5.88 Å². The van der Waals surface area contributed by atoms with Crippen LogP contribution >= 0.6 is 0 Å². The van der Waals surface area contributed by atoms with Crippen LogP contribution in [-0.4, -0.2) is 16.1 Å². The molecule has 1 heterocycles. The molecule has 1 aromatic heterocycles. The third kappa shape index (κ3) is 2.13.